The maximum atomic E-state index is 13.2. The number of ether oxygens (including phenoxy) is 1. The van der Waals surface area contributed by atoms with Gasteiger partial charge < -0.3 is 15.4 Å². The van der Waals surface area contributed by atoms with Gasteiger partial charge in [0, 0.05) is 11.4 Å². The lowest BCUT2D eigenvalue weighted by atomic mass is 9.96. The minimum absolute atomic E-state index is 0.130. The van der Waals surface area contributed by atoms with E-state index in [1.807, 2.05) is 44.2 Å². The van der Waals surface area contributed by atoms with Crippen LogP contribution in [0.2, 0.25) is 5.02 Å². The van der Waals surface area contributed by atoms with Crippen LogP contribution in [0.1, 0.15) is 45.7 Å². The summed E-state index contributed by atoms with van der Waals surface area (Å²) in [7, 11) is 0. The highest BCUT2D eigenvalue weighted by molar-refractivity contribution is 6.30. The molecule has 2 aromatic carbocycles. The van der Waals surface area contributed by atoms with Crippen molar-refractivity contribution in [3.05, 3.63) is 70.7 Å². The van der Waals surface area contributed by atoms with E-state index in [1.165, 1.54) is 0 Å². The Labute approximate surface area is 201 Å². The van der Waals surface area contributed by atoms with Crippen LogP contribution in [0.3, 0.4) is 0 Å². The van der Waals surface area contributed by atoms with Crippen molar-refractivity contribution >= 4 is 29.4 Å². The number of ketones is 1. The van der Waals surface area contributed by atoms with Crippen LogP contribution in [0.4, 0.5) is 4.79 Å². The Balaban J connectivity index is 2.18. The van der Waals surface area contributed by atoms with Crippen molar-refractivity contribution in [2.45, 2.75) is 65.1 Å². The number of carbonyl (C=O) groups is 3. The number of hydrogen-bond acceptors (Lipinski definition) is 4. The Morgan fingerprint density at radius 3 is 2.06 bits per heavy atom. The highest BCUT2D eigenvalue weighted by Crippen LogP contribution is 2.14. The molecule has 0 aliphatic heterocycles. The van der Waals surface area contributed by atoms with Gasteiger partial charge >= 0.3 is 6.09 Å². The molecule has 33 heavy (non-hydrogen) atoms. The summed E-state index contributed by atoms with van der Waals surface area (Å²) in [5, 5.41) is 6.09. The quantitative estimate of drug-likeness (QED) is 0.552. The van der Waals surface area contributed by atoms with Gasteiger partial charge in [0.2, 0.25) is 5.91 Å². The predicted octanol–water partition coefficient (Wildman–Crippen LogP) is 4.73. The average molecular weight is 473 g/mol. The molecule has 178 valence electrons. The topological polar surface area (TPSA) is 84.5 Å². The second kappa shape index (κ2) is 11.8. The average Bonchev–Trinajstić information content (AvgIpc) is 2.72. The summed E-state index contributed by atoms with van der Waals surface area (Å²) in [6, 6.07) is 14.9. The fraction of sp³-hybridized carbons (Fsp3) is 0.423. The molecular weight excluding hydrogens is 440 g/mol. The van der Waals surface area contributed by atoms with Gasteiger partial charge in [-0.2, -0.15) is 0 Å². The third-order valence-corrected chi connectivity index (χ3v) is 5.15. The molecule has 0 fully saturated rings. The molecule has 2 N–H and O–H groups in total. The Morgan fingerprint density at radius 2 is 1.52 bits per heavy atom. The molecule has 2 atom stereocenters. The van der Waals surface area contributed by atoms with E-state index in [0.29, 0.717) is 11.4 Å². The normalized spacial score (nSPS) is 13.2. The van der Waals surface area contributed by atoms with Gasteiger partial charge in [-0.3, -0.25) is 9.59 Å². The van der Waals surface area contributed by atoms with E-state index in [1.54, 1.807) is 45.0 Å². The van der Waals surface area contributed by atoms with Crippen molar-refractivity contribution in [3.63, 3.8) is 0 Å². The number of amides is 2. The summed E-state index contributed by atoms with van der Waals surface area (Å²) in [6.07, 6.45) is -0.180. The second-order valence-electron chi connectivity index (χ2n) is 9.39. The molecule has 0 aromatic heterocycles. The first-order chi connectivity index (χ1) is 15.4. The third kappa shape index (κ3) is 9.26. The molecule has 0 saturated heterocycles. The first-order valence-electron chi connectivity index (χ1n) is 11.1. The Hall–Kier alpha value is -2.86. The zero-order valence-electron chi connectivity index (χ0n) is 19.9. The van der Waals surface area contributed by atoms with Gasteiger partial charge in [-0.25, -0.2) is 4.79 Å². The van der Waals surface area contributed by atoms with Crippen molar-refractivity contribution in [1.29, 1.82) is 0 Å². The van der Waals surface area contributed by atoms with E-state index in [-0.39, 0.29) is 18.1 Å². The van der Waals surface area contributed by atoms with Crippen LogP contribution >= 0.6 is 11.6 Å². The van der Waals surface area contributed by atoms with Gasteiger partial charge in [0.1, 0.15) is 11.6 Å². The van der Waals surface area contributed by atoms with E-state index in [4.69, 9.17) is 16.3 Å². The van der Waals surface area contributed by atoms with Gasteiger partial charge in [-0.1, -0.05) is 67.9 Å². The Bertz CT molecular complexity index is 937. The van der Waals surface area contributed by atoms with Gasteiger partial charge in [-0.05, 0) is 56.4 Å². The Kier molecular flexibility index (Phi) is 9.47. The molecule has 0 heterocycles. The van der Waals surface area contributed by atoms with Crippen LogP contribution in [-0.2, 0) is 27.2 Å². The standard InChI is InChI=1S/C26H33ClN2O4/c1-17(2)23(29-25(32)33-26(3,4)5)24(31)28-21(15-18-9-7-6-8-10-18)22(30)16-19-11-13-20(27)14-12-19/h6-14,17,21,23H,15-16H2,1-5H3,(H,28,31)(H,29,32)/t21-,23-/m0/s1. The van der Waals surface area contributed by atoms with Crippen LogP contribution in [0.5, 0.6) is 0 Å². The minimum atomic E-state index is -0.846. The van der Waals surface area contributed by atoms with E-state index in [2.05, 4.69) is 10.6 Å². The molecule has 0 spiro atoms. The van der Waals surface area contributed by atoms with Crippen molar-refractivity contribution in [2.24, 2.45) is 5.92 Å². The van der Waals surface area contributed by atoms with Crippen molar-refractivity contribution in [1.82, 2.24) is 10.6 Å². The minimum Gasteiger partial charge on any atom is -0.444 e. The lowest BCUT2D eigenvalue weighted by Crippen LogP contribution is -2.55. The fourth-order valence-corrected chi connectivity index (χ4v) is 3.38. The summed E-state index contributed by atoms with van der Waals surface area (Å²) in [6.45, 7) is 8.90. The van der Waals surface area contributed by atoms with E-state index in [0.717, 1.165) is 11.1 Å². The Morgan fingerprint density at radius 1 is 0.909 bits per heavy atom. The number of carbonyl (C=O) groups excluding carboxylic acids is 3. The van der Waals surface area contributed by atoms with Crippen LogP contribution in [0.15, 0.2) is 54.6 Å². The smallest absolute Gasteiger partial charge is 0.408 e. The zero-order valence-corrected chi connectivity index (χ0v) is 20.6. The third-order valence-electron chi connectivity index (χ3n) is 4.90. The van der Waals surface area contributed by atoms with Gasteiger partial charge in [0.25, 0.3) is 0 Å². The highest BCUT2D eigenvalue weighted by atomic mass is 35.5. The summed E-state index contributed by atoms with van der Waals surface area (Å²) in [5.41, 5.74) is 1.05. The number of alkyl carbamates (subject to hydrolysis) is 1. The zero-order chi connectivity index (χ0) is 24.6. The fourth-order valence-electron chi connectivity index (χ4n) is 3.25. The van der Waals surface area contributed by atoms with Gasteiger partial charge in [0.05, 0.1) is 6.04 Å². The van der Waals surface area contributed by atoms with Crippen LogP contribution in [0, 0.1) is 5.92 Å². The summed E-state index contributed by atoms with van der Waals surface area (Å²) in [5.74, 6) is -0.767. The van der Waals surface area contributed by atoms with Crippen molar-refractivity contribution < 1.29 is 19.1 Å². The first kappa shape index (κ1) is 26.4. The van der Waals surface area contributed by atoms with E-state index in [9.17, 15) is 14.4 Å². The molecular formula is C26H33ClN2O4. The molecule has 2 aromatic rings. The lowest BCUT2D eigenvalue weighted by Gasteiger charge is -2.27. The molecule has 7 heteroatoms. The number of hydrogen-bond donors (Lipinski definition) is 2. The molecule has 0 aliphatic carbocycles. The predicted molar refractivity (Wildman–Crippen MR) is 130 cm³/mol. The molecule has 0 aliphatic rings. The van der Waals surface area contributed by atoms with E-state index >= 15 is 0 Å². The second-order valence-corrected chi connectivity index (χ2v) is 9.82. The van der Waals surface area contributed by atoms with Gasteiger partial charge in [0.15, 0.2) is 5.78 Å². The maximum Gasteiger partial charge on any atom is 0.408 e. The number of benzene rings is 2. The SMILES string of the molecule is CC(C)[C@H](NC(=O)OC(C)(C)C)C(=O)N[C@@H](Cc1ccccc1)C(=O)Cc1ccc(Cl)cc1. The van der Waals surface area contributed by atoms with Crippen LogP contribution in [-0.4, -0.2) is 35.5 Å². The number of halogens is 1. The number of nitrogens with one attached hydrogen (secondary N) is 2. The lowest BCUT2D eigenvalue weighted by molar-refractivity contribution is -0.129. The number of rotatable bonds is 9. The first-order valence-corrected chi connectivity index (χ1v) is 11.4. The number of Topliss-reactive ketones (excluding diaryl/α,β-unsaturated/α-hetero) is 1. The molecule has 0 saturated carbocycles. The monoisotopic (exact) mass is 472 g/mol. The molecule has 2 amide bonds. The maximum absolute atomic E-state index is 13.2. The van der Waals surface area contributed by atoms with E-state index < -0.39 is 29.7 Å². The molecule has 2 rings (SSSR count). The molecule has 6 nitrogen and oxygen atoms in total. The van der Waals surface area contributed by atoms with Crippen molar-refractivity contribution in [2.75, 3.05) is 0 Å². The van der Waals surface area contributed by atoms with Gasteiger partial charge in [-0.15, -0.1) is 0 Å². The highest BCUT2D eigenvalue weighted by Gasteiger charge is 2.30. The van der Waals surface area contributed by atoms with Crippen LogP contribution < -0.4 is 10.6 Å². The summed E-state index contributed by atoms with van der Waals surface area (Å²) in [4.78, 5) is 38.6. The largest absolute Gasteiger partial charge is 0.444 e. The summed E-state index contributed by atoms with van der Waals surface area (Å²) < 4.78 is 5.30. The molecule has 0 radical (unpaired) electrons. The molecule has 0 bridgehead atoms. The molecule has 0 unspecified atom stereocenters. The van der Waals surface area contributed by atoms with Crippen molar-refractivity contribution in [3.8, 4) is 0 Å². The van der Waals surface area contributed by atoms with Crippen LogP contribution in [0.25, 0.3) is 0 Å². The summed E-state index contributed by atoms with van der Waals surface area (Å²) >= 11 is 5.95.